The molecular formula is C9H13N2O5P. The third-order valence-corrected chi connectivity index (χ3v) is 2.78. The van der Waals surface area contributed by atoms with Gasteiger partial charge in [-0.1, -0.05) is 0 Å². The van der Waals surface area contributed by atoms with Crippen LogP contribution in [-0.2, 0) is 4.57 Å². The fraction of sp³-hybridized carbons (Fsp3) is 0.222. The Morgan fingerprint density at radius 1 is 1.41 bits per heavy atom. The highest BCUT2D eigenvalue weighted by Gasteiger charge is 2.13. The van der Waals surface area contributed by atoms with Crippen LogP contribution in [0.2, 0.25) is 0 Å². The number of nitrogens with one attached hydrogen (secondary N) is 1. The predicted octanol–water partition coefficient (Wildman–Crippen LogP) is -0.118. The van der Waals surface area contributed by atoms with Crippen molar-refractivity contribution in [3.05, 3.63) is 23.8 Å². The predicted molar refractivity (Wildman–Crippen MR) is 61.8 cm³/mol. The molecule has 0 saturated carbocycles. The lowest BCUT2D eigenvalue weighted by atomic mass is 10.2. The number of benzene rings is 1. The molecule has 0 aliphatic carbocycles. The van der Waals surface area contributed by atoms with Crippen molar-refractivity contribution in [2.75, 3.05) is 18.4 Å². The number of phenols is 1. The third kappa shape index (κ3) is 4.44. The number of carbonyl (C=O) groups excluding carboxylic acids is 1. The molecule has 0 heterocycles. The van der Waals surface area contributed by atoms with Crippen molar-refractivity contribution < 1.29 is 24.3 Å². The Morgan fingerprint density at radius 3 is 2.59 bits per heavy atom. The molecule has 8 heteroatoms. The van der Waals surface area contributed by atoms with E-state index < -0.39 is 19.7 Å². The number of hydrogen-bond donors (Lipinski definition) is 5. The van der Waals surface area contributed by atoms with Gasteiger partial charge in [0.15, 0.2) is 0 Å². The van der Waals surface area contributed by atoms with Crippen LogP contribution in [0.5, 0.6) is 5.75 Å². The van der Waals surface area contributed by atoms with E-state index in [9.17, 15) is 9.36 Å². The number of carbonyl (C=O) groups is 1. The summed E-state index contributed by atoms with van der Waals surface area (Å²) in [5.74, 6) is -0.637. The number of nitrogen functional groups attached to an aromatic ring is 1. The van der Waals surface area contributed by atoms with Crippen LogP contribution in [-0.4, -0.2) is 33.5 Å². The van der Waals surface area contributed by atoms with Crippen LogP contribution in [0.15, 0.2) is 18.2 Å². The van der Waals surface area contributed by atoms with Gasteiger partial charge in [0, 0.05) is 12.1 Å². The maximum Gasteiger partial charge on any atom is 0.327 e. The van der Waals surface area contributed by atoms with Gasteiger partial charge in [0.25, 0.3) is 5.91 Å². The van der Waals surface area contributed by atoms with E-state index in [0.29, 0.717) is 0 Å². The fourth-order valence-corrected chi connectivity index (χ4v) is 1.52. The Hall–Kier alpha value is -1.56. The van der Waals surface area contributed by atoms with Crippen molar-refractivity contribution in [2.45, 2.75) is 0 Å². The zero-order valence-corrected chi connectivity index (χ0v) is 9.72. The summed E-state index contributed by atoms with van der Waals surface area (Å²) in [6.07, 6.45) is -0.424. The molecule has 0 bridgehead atoms. The molecule has 0 aliphatic heterocycles. The van der Waals surface area contributed by atoms with Gasteiger partial charge in [-0.15, -0.1) is 0 Å². The zero-order valence-electron chi connectivity index (χ0n) is 8.83. The van der Waals surface area contributed by atoms with Gasteiger partial charge in [-0.25, -0.2) is 0 Å². The second-order valence-corrected chi connectivity index (χ2v) is 5.19. The maximum absolute atomic E-state index is 11.5. The molecule has 6 N–H and O–H groups in total. The van der Waals surface area contributed by atoms with Crippen molar-refractivity contribution in [3.8, 4) is 5.75 Å². The SMILES string of the molecule is Nc1cc(C(=O)NCCP(=O)(O)O)ccc1O. The highest BCUT2D eigenvalue weighted by Crippen LogP contribution is 2.32. The number of phenolic OH excluding ortho intramolecular Hbond substituents is 1. The largest absolute Gasteiger partial charge is 0.506 e. The van der Waals surface area contributed by atoms with Crippen LogP contribution in [0.1, 0.15) is 10.4 Å². The van der Waals surface area contributed by atoms with Gasteiger partial charge in [0.1, 0.15) is 5.75 Å². The molecule has 0 aliphatic rings. The van der Waals surface area contributed by atoms with Gasteiger partial charge >= 0.3 is 7.60 Å². The van der Waals surface area contributed by atoms with Crippen molar-refractivity contribution in [1.29, 1.82) is 0 Å². The first kappa shape index (κ1) is 13.5. The Kier molecular flexibility index (Phi) is 4.11. The number of rotatable bonds is 4. The number of aromatic hydroxyl groups is 1. The van der Waals surface area contributed by atoms with Gasteiger partial charge in [0.05, 0.1) is 11.8 Å². The summed E-state index contributed by atoms with van der Waals surface area (Å²) in [5, 5.41) is 11.5. The molecule has 0 saturated heterocycles. The second kappa shape index (κ2) is 5.18. The van der Waals surface area contributed by atoms with E-state index in [1.807, 2.05) is 0 Å². The molecule has 0 spiro atoms. The molecule has 17 heavy (non-hydrogen) atoms. The molecule has 0 unspecified atom stereocenters. The summed E-state index contributed by atoms with van der Waals surface area (Å²) in [7, 11) is -4.11. The highest BCUT2D eigenvalue weighted by atomic mass is 31.2. The van der Waals surface area contributed by atoms with E-state index in [2.05, 4.69) is 5.32 Å². The molecule has 1 amide bonds. The molecule has 0 fully saturated rings. The van der Waals surface area contributed by atoms with Gasteiger partial charge in [-0.3, -0.25) is 9.36 Å². The van der Waals surface area contributed by atoms with Crippen LogP contribution in [0.4, 0.5) is 5.69 Å². The second-order valence-electron chi connectivity index (χ2n) is 3.42. The molecule has 94 valence electrons. The molecule has 0 aromatic heterocycles. The van der Waals surface area contributed by atoms with E-state index in [1.54, 1.807) is 0 Å². The van der Waals surface area contributed by atoms with Crippen molar-refractivity contribution in [1.82, 2.24) is 5.32 Å². The molecular weight excluding hydrogens is 247 g/mol. The number of anilines is 1. The van der Waals surface area contributed by atoms with Gasteiger partial charge in [-0.05, 0) is 18.2 Å². The first-order chi connectivity index (χ1) is 7.79. The standard InChI is InChI=1S/C9H13N2O5P/c10-7-5-6(1-2-8(7)12)9(13)11-3-4-17(14,15)16/h1-2,5,12H,3-4,10H2,(H,11,13)(H2,14,15,16). The average Bonchev–Trinajstić information content (AvgIpc) is 2.20. The third-order valence-electron chi connectivity index (χ3n) is 1.98. The van der Waals surface area contributed by atoms with Gasteiger partial charge in [0.2, 0.25) is 0 Å². The topological polar surface area (TPSA) is 133 Å². The summed E-state index contributed by atoms with van der Waals surface area (Å²) in [5.41, 5.74) is 5.68. The molecule has 7 nitrogen and oxygen atoms in total. The molecule has 1 aromatic carbocycles. The first-order valence-electron chi connectivity index (χ1n) is 4.71. The maximum atomic E-state index is 11.5. The lowest BCUT2D eigenvalue weighted by Crippen LogP contribution is -2.26. The number of amides is 1. The van der Waals surface area contributed by atoms with Crippen LogP contribution in [0.25, 0.3) is 0 Å². The molecule has 0 radical (unpaired) electrons. The Bertz CT molecular complexity index is 470. The van der Waals surface area contributed by atoms with E-state index in [-0.39, 0.29) is 23.5 Å². The lowest BCUT2D eigenvalue weighted by molar-refractivity contribution is 0.0956. The summed E-state index contributed by atoms with van der Waals surface area (Å²) in [6.45, 7) is -0.135. The lowest BCUT2D eigenvalue weighted by Gasteiger charge is -2.07. The van der Waals surface area contributed by atoms with E-state index in [4.69, 9.17) is 20.6 Å². The highest BCUT2D eigenvalue weighted by molar-refractivity contribution is 7.51. The zero-order chi connectivity index (χ0) is 13.1. The number of hydrogen-bond acceptors (Lipinski definition) is 4. The molecule has 1 aromatic rings. The minimum absolute atomic E-state index is 0.0626. The Morgan fingerprint density at radius 2 is 2.06 bits per heavy atom. The number of nitrogens with two attached hydrogens (primary N) is 1. The van der Waals surface area contributed by atoms with Crippen molar-refractivity contribution >= 4 is 19.2 Å². The summed E-state index contributed by atoms with van der Waals surface area (Å²) < 4.78 is 10.5. The quantitative estimate of drug-likeness (QED) is 0.291. The normalized spacial score (nSPS) is 11.2. The monoisotopic (exact) mass is 260 g/mol. The van der Waals surface area contributed by atoms with Crippen LogP contribution < -0.4 is 11.1 Å². The van der Waals surface area contributed by atoms with Gasteiger partial charge < -0.3 is 25.9 Å². The fourth-order valence-electron chi connectivity index (χ4n) is 1.11. The van der Waals surface area contributed by atoms with E-state index >= 15 is 0 Å². The summed E-state index contributed by atoms with van der Waals surface area (Å²) in [6, 6.07) is 3.91. The average molecular weight is 260 g/mol. The molecule has 0 atom stereocenters. The van der Waals surface area contributed by atoms with Crippen molar-refractivity contribution in [2.24, 2.45) is 0 Å². The van der Waals surface area contributed by atoms with Crippen LogP contribution in [0.3, 0.4) is 0 Å². The van der Waals surface area contributed by atoms with Crippen molar-refractivity contribution in [3.63, 3.8) is 0 Å². The summed E-state index contributed by atoms with van der Waals surface area (Å²) in [4.78, 5) is 28.7. The smallest absolute Gasteiger partial charge is 0.327 e. The first-order valence-corrected chi connectivity index (χ1v) is 6.50. The Labute approximate surface area is 97.4 Å². The minimum Gasteiger partial charge on any atom is -0.506 e. The Balaban J connectivity index is 2.59. The molecule has 1 rings (SSSR count). The van der Waals surface area contributed by atoms with Crippen LogP contribution >= 0.6 is 7.60 Å². The van der Waals surface area contributed by atoms with Crippen LogP contribution in [0, 0.1) is 0 Å². The van der Waals surface area contributed by atoms with E-state index in [0.717, 1.165) is 0 Å². The van der Waals surface area contributed by atoms with Gasteiger partial charge in [-0.2, -0.15) is 0 Å². The summed E-state index contributed by atoms with van der Waals surface area (Å²) >= 11 is 0. The van der Waals surface area contributed by atoms with E-state index in [1.165, 1.54) is 18.2 Å². The minimum atomic E-state index is -4.11.